The van der Waals surface area contributed by atoms with Crippen molar-refractivity contribution in [1.29, 1.82) is 0 Å². The molecule has 1 amide bonds. The lowest BCUT2D eigenvalue weighted by Gasteiger charge is -2.09. The molecule has 1 aliphatic heterocycles. The highest BCUT2D eigenvalue weighted by Crippen LogP contribution is 2.36. The van der Waals surface area contributed by atoms with Gasteiger partial charge in [-0.3, -0.25) is 4.79 Å². The minimum absolute atomic E-state index is 0.00870. The van der Waals surface area contributed by atoms with Crippen LogP contribution in [-0.4, -0.2) is 24.0 Å². The van der Waals surface area contributed by atoms with E-state index in [-0.39, 0.29) is 24.9 Å². The number of amides is 1. The van der Waals surface area contributed by atoms with Crippen molar-refractivity contribution in [2.24, 2.45) is 0 Å². The first-order chi connectivity index (χ1) is 13.9. The van der Waals surface area contributed by atoms with Crippen LogP contribution in [0.1, 0.15) is 5.56 Å². The van der Waals surface area contributed by atoms with E-state index in [1.807, 2.05) is 12.1 Å². The molecule has 6 nitrogen and oxygen atoms in total. The second-order valence-corrected chi connectivity index (χ2v) is 6.88. The molecule has 29 heavy (non-hydrogen) atoms. The summed E-state index contributed by atoms with van der Waals surface area (Å²) in [5.74, 6) is 0.638. The first kappa shape index (κ1) is 19.1. The van der Waals surface area contributed by atoms with Gasteiger partial charge in [-0.15, -0.1) is 24.5 Å². The molecule has 0 unspecified atom stereocenters. The number of rotatable bonds is 5. The summed E-state index contributed by atoms with van der Waals surface area (Å²) >= 11 is 1.27. The second kappa shape index (κ2) is 7.63. The van der Waals surface area contributed by atoms with Gasteiger partial charge >= 0.3 is 6.36 Å². The van der Waals surface area contributed by atoms with Crippen LogP contribution in [-0.2, 0) is 11.2 Å². The number of benzene rings is 2. The highest BCUT2D eigenvalue weighted by atomic mass is 32.1. The summed E-state index contributed by atoms with van der Waals surface area (Å²) in [5.41, 5.74) is 2.05. The van der Waals surface area contributed by atoms with Gasteiger partial charge in [0.15, 0.2) is 16.6 Å². The van der Waals surface area contributed by atoms with E-state index in [9.17, 15) is 18.0 Å². The molecule has 1 aliphatic rings. The van der Waals surface area contributed by atoms with Gasteiger partial charge in [0, 0.05) is 10.9 Å². The fraction of sp³-hybridized carbons (Fsp3) is 0.158. The van der Waals surface area contributed by atoms with Crippen molar-refractivity contribution in [2.75, 3.05) is 12.1 Å². The van der Waals surface area contributed by atoms with E-state index < -0.39 is 6.36 Å². The van der Waals surface area contributed by atoms with Crippen LogP contribution < -0.4 is 19.5 Å². The van der Waals surface area contributed by atoms with Crippen LogP contribution in [0.2, 0.25) is 0 Å². The van der Waals surface area contributed by atoms with Crippen LogP contribution in [0.15, 0.2) is 47.8 Å². The summed E-state index contributed by atoms with van der Waals surface area (Å²) in [6, 6.07) is 10.6. The molecule has 0 aliphatic carbocycles. The van der Waals surface area contributed by atoms with Gasteiger partial charge in [-0.05, 0) is 35.9 Å². The minimum Gasteiger partial charge on any atom is -0.454 e. The Morgan fingerprint density at radius 3 is 2.66 bits per heavy atom. The van der Waals surface area contributed by atoms with Gasteiger partial charge in [-0.1, -0.05) is 12.1 Å². The maximum absolute atomic E-state index is 12.2. The zero-order valence-corrected chi connectivity index (χ0v) is 15.5. The number of carbonyl (C=O) groups excluding carboxylic acids is 1. The normalized spacial score (nSPS) is 12.7. The van der Waals surface area contributed by atoms with E-state index in [0.717, 1.165) is 17.7 Å². The monoisotopic (exact) mass is 422 g/mol. The number of fused-ring (bicyclic) bond motifs is 1. The zero-order chi connectivity index (χ0) is 20.4. The molecule has 0 fully saturated rings. The van der Waals surface area contributed by atoms with Crippen LogP contribution >= 0.6 is 11.3 Å². The maximum Gasteiger partial charge on any atom is 0.573 e. The molecule has 3 aromatic rings. The summed E-state index contributed by atoms with van der Waals surface area (Å²) in [6.07, 6.45) is -4.76. The molecule has 0 saturated heterocycles. The lowest BCUT2D eigenvalue weighted by molar-refractivity contribution is -0.274. The average Bonchev–Trinajstić information content (AvgIpc) is 3.30. The van der Waals surface area contributed by atoms with Crippen molar-refractivity contribution >= 4 is 22.4 Å². The fourth-order valence-electron chi connectivity index (χ4n) is 2.68. The molecule has 150 valence electrons. The molecule has 2 aromatic carbocycles. The lowest BCUT2D eigenvalue weighted by Crippen LogP contribution is -2.17. The number of anilines is 1. The number of hydrogen-bond donors (Lipinski definition) is 1. The van der Waals surface area contributed by atoms with Crippen LogP contribution in [0, 0.1) is 0 Å². The van der Waals surface area contributed by atoms with Crippen molar-refractivity contribution in [2.45, 2.75) is 12.8 Å². The number of thiazole rings is 1. The topological polar surface area (TPSA) is 69.7 Å². The molecule has 0 bridgehead atoms. The Morgan fingerprint density at radius 1 is 1.14 bits per heavy atom. The largest absolute Gasteiger partial charge is 0.573 e. The van der Waals surface area contributed by atoms with E-state index in [1.165, 1.54) is 23.5 Å². The summed E-state index contributed by atoms with van der Waals surface area (Å²) in [7, 11) is 0. The van der Waals surface area contributed by atoms with E-state index in [1.54, 1.807) is 11.4 Å². The predicted octanol–water partition coefficient (Wildman–Crippen LogP) is 4.62. The standard InChI is InChI=1S/C19H13F3N2O4S/c20-19(21,22)28-13-4-1-11(2-5-13)7-17(25)24-18-23-14(9-29-18)12-3-6-15-16(8-12)27-10-26-15/h1-6,8-9H,7,10H2,(H,23,24,25). The maximum atomic E-state index is 12.2. The first-order valence-electron chi connectivity index (χ1n) is 8.36. The second-order valence-electron chi connectivity index (χ2n) is 6.02. The van der Waals surface area contributed by atoms with Crippen molar-refractivity contribution in [3.05, 3.63) is 53.4 Å². The Morgan fingerprint density at radius 2 is 1.90 bits per heavy atom. The van der Waals surface area contributed by atoms with E-state index in [2.05, 4.69) is 15.0 Å². The molecular weight excluding hydrogens is 409 g/mol. The van der Waals surface area contributed by atoms with Crippen LogP contribution in [0.4, 0.5) is 18.3 Å². The Hall–Kier alpha value is -3.27. The molecule has 0 radical (unpaired) electrons. The number of halogens is 3. The molecule has 0 spiro atoms. The number of nitrogens with zero attached hydrogens (tertiary/aromatic N) is 1. The minimum atomic E-state index is -4.75. The van der Waals surface area contributed by atoms with Crippen molar-refractivity contribution in [1.82, 2.24) is 4.98 Å². The van der Waals surface area contributed by atoms with Crippen molar-refractivity contribution < 1.29 is 32.2 Å². The number of alkyl halides is 3. The molecule has 4 rings (SSSR count). The molecule has 0 atom stereocenters. The van der Waals surface area contributed by atoms with Gasteiger partial charge < -0.3 is 19.5 Å². The summed E-state index contributed by atoms with van der Waals surface area (Å²) < 4.78 is 51.0. The molecule has 1 aromatic heterocycles. The van der Waals surface area contributed by atoms with Gasteiger partial charge in [0.05, 0.1) is 12.1 Å². The highest BCUT2D eigenvalue weighted by molar-refractivity contribution is 7.14. The number of carbonyl (C=O) groups is 1. The van der Waals surface area contributed by atoms with Gasteiger partial charge in [0.25, 0.3) is 0 Å². The fourth-order valence-corrected chi connectivity index (χ4v) is 3.41. The highest BCUT2D eigenvalue weighted by Gasteiger charge is 2.31. The van der Waals surface area contributed by atoms with Crippen molar-refractivity contribution in [3.8, 4) is 28.5 Å². The Bertz CT molecular complexity index is 1030. The van der Waals surface area contributed by atoms with Gasteiger partial charge in [-0.25, -0.2) is 4.98 Å². The van der Waals surface area contributed by atoms with Crippen LogP contribution in [0.3, 0.4) is 0 Å². The van der Waals surface area contributed by atoms with Gasteiger partial charge in [-0.2, -0.15) is 0 Å². The number of hydrogen-bond acceptors (Lipinski definition) is 6. The molecule has 2 heterocycles. The SMILES string of the molecule is O=C(Cc1ccc(OC(F)(F)F)cc1)Nc1nc(-c2ccc3c(c2)OCO3)cs1. The Balaban J connectivity index is 1.37. The van der Waals surface area contributed by atoms with Gasteiger partial charge in [0.1, 0.15) is 5.75 Å². The van der Waals surface area contributed by atoms with Crippen LogP contribution in [0.25, 0.3) is 11.3 Å². The third-order valence-corrected chi connectivity index (χ3v) is 4.70. The van der Waals surface area contributed by atoms with E-state index in [4.69, 9.17) is 9.47 Å². The number of nitrogens with one attached hydrogen (secondary N) is 1. The third-order valence-electron chi connectivity index (χ3n) is 3.94. The van der Waals surface area contributed by atoms with Gasteiger partial charge in [0.2, 0.25) is 12.7 Å². The first-order valence-corrected chi connectivity index (χ1v) is 9.24. The predicted molar refractivity (Wildman–Crippen MR) is 99.1 cm³/mol. The van der Waals surface area contributed by atoms with E-state index in [0.29, 0.717) is 27.9 Å². The number of aromatic nitrogens is 1. The van der Waals surface area contributed by atoms with Crippen LogP contribution in [0.5, 0.6) is 17.2 Å². The quantitative estimate of drug-likeness (QED) is 0.650. The third kappa shape index (κ3) is 4.77. The summed E-state index contributed by atoms with van der Waals surface area (Å²) in [5, 5.41) is 4.91. The average molecular weight is 422 g/mol. The summed E-state index contributed by atoms with van der Waals surface area (Å²) in [4.78, 5) is 16.6. The summed E-state index contributed by atoms with van der Waals surface area (Å²) in [6.45, 7) is 0.181. The molecular formula is C19H13F3N2O4S. The molecule has 1 N–H and O–H groups in total. The smallest absolute Gasteiger partial charge is 0.454 e. The molecule has 10 heteroatoms. The Labute approximate surface area is 166 Å². The van der Waals surface area contributed by atoms with Crippen molar-refractivity contribution in [3.63, 3.8) is 0 Å². The lowest BCUT2D eigenvalue weighted by atomic mass is 10.1. The van der Waals surface area contributed by atoms with E-state index >= 15 is 0 Å². The molecule has 0 saturated carbocycles. The Kier molecular flexibility index (Phi) is 5.01. The zero-order valence-electron chi connectivity index (χ0n) is 14.7. The number of ether oxygens (including phenoxy) is 3.